The van der Waals surface area contributed by atoms with Gasteiger partial charge in [-0.25, -0.2) is 18.9 Å². The van der Waals surface area contributed by atoms with Gasteiger partial charge in [-0.3, -0.25) is 23.4 Å². The number of carboxylic acid groups (broad SMARTS) is 2. The fourth-order valence-electron chi connectivity index (χ4n) is 15.6. The predicted octanol–water partition coefficient (Wildman–Crippen LogP) is 3.87. The molecule has 7 aliphatic heterocycles. The van der Waals surface area contributed by atoms with E-state index in [0.717, 1.165) is 71.1 Å². The van der Waals surface area contributed by atoms with Gasteiger partial charge in [0.2, 0.25) is 17.7 Å². The number of nitrogens with one attached hydrogen (secondary N) is 2. The van der Waals surface area contributed by atoms with Gasteiger partial charge in [0, 0.05) is 31.6 Å². The number of ether oxygens (including phenoxy) is 15. The predicted molar refractivity (Wildman–Crippen MR) is 401 cm³/mol. The van der Waals surface area contributed by atoms with Crippen LogP contribution in [0.15, 0.2) is 60.7 Å². The Morgan fingerprint density at radius 2 is 1.18 bits per heavy atom. The van der Waals surface area contributed by atoms with Gasteiger partial charge >= 0.3 is 25.9 Å². The fourth-order valence-corrected chi connectivity index (χ4v) is 16.4. The van der Waals surface area contributed by atoms with Gasteiger partial charge in [0.05, 0.1) is 25.9 Å². The molecule has 0 saturated carbocycles. The van der Waals surface area contributed by atoms with Gasteiger partial charge in [-0.05, 0) is 62.2 Å². The lowest BCUT2D eigenvalue weighted by Gasteiger charge is -2.51. The largest absolute Gasteiger partial charge is 0.479 e. The molecule has 0 bridgehead atoms. The Labute approximate surface area is 674 Å². The number of primary amides is 2. The number of amides is 4. The molecule has 0 spiro atoms. The molecule has 0 aliphatic carbocycles. The number of rotatable bonds is 41. The van der Waals surface area contributed by atoms with Crippen molar-refractivity contribution in [1.82, 2.24) is 10.6 Å². The third-order valence-electron chi connectivity index (χ3n) is 22.3. The maximum Gasteiger partial charge on any atom is 0.474 e. The Kier molecular flexibility index (Phi) is 34.3. The van der Waals surface area contributed by atoms with Crippen LogP contribution in [0.1, 0.15) is 177 Å². The van der Waals surface area contributed by atoms with Crippen LogP contribution in [0.5, 0.6) is 0 Å². The molecule has 32 atom stereocenters. The summed E-state index contributed by atoms with van der Waals surface area (Å²) in [5.74, 6) is -4.31. The zero-order valence-electron chi connectivity index (χ0n) is 67.4. The first-order valence-corrected chi connectivity index (χ1v) is 41.4. The molecule has 7 saturated heterocycles. The third-order valence-corrected chi connectivity index (χ3v) is 23.3. The minimum absolute atomic E-state index is 0.0717. The van der Waals surface area contributed by atoms with Crippen LogP contribution < -0.4 is 22.1 Å². The first-order valence-electron chi connectivity index (χ1n) is 39.9. The van der Waals surface area contributed by atoms with Crippen molar-refractivity contribution in [3.05, 3.63) is 71.8 Å². The number of phosphoric ester groups is 1. The number of phosphoric acid groups is 1. The Morgan fingerprint density at radius 3 is 1.78 bits per heavy atom. The molecule has 4 amide bonds. The van der Waals surface area contributed by atoms with E-state index >= 15 is 0 Å². The number of carboxylic acids is 2. The number of aliphatic hydroxyl groups is 6. The van der Waals surface area contributed by atoms with E-state index in [9.17, 15) is 79.1 Å². The molecule has 38 heteroatoms. The van der Waals surface area contributed by atoms with Crippen LogP contribution in [-0.2, 0) is 109 Å². The van der Waals surface area contributed by atoms with E-state index in [-0.39, 0.29) is 24.5 Å². The van der Waals surface area contributed by atoms with E-state index < -0.39 is 228 Å². The number of nitrogens with two attached hydrogens (primary N) is 2. The minimum atomic E-state index is -5.83. The van der Waals surface area contributed by atoms with E-state index in [1.807, 2.05) is 6.92 Å². The van der Waals surface area contributed by atoms with Crippen LogP contribution in [0.3, 0.4) is 0 Å². The van der Waals surface area contributed by atoms with Gasteiger partial charge in [0.15, 0.2) is 74.6 Å². The first-order chi connectivity index (χ1) is 54.7. The SMILES string of the molecule is CC(=O)N[C@H]1[C@H](O[C@H]2[C@H](O)[C@@H](NC(C)=O)[C@H](O[C@H]3[C@@H](OP(=O)(O)OC[C@H](OCCC(C)CCCCC(C)(C)CCC(C)CCC(C)CCCC(C)C)C(=O)O)O[C@H](C(=O)O)[C@@](C)(O)[C@@H]3OC(N)=O)O[C@@H]2CO[C@@H]2O[C@@H]3CO[C@@H](c4ccccc4)O[C@H]3[C@H](O)[C@H]2O)O[C@H](C)[C@@H](O[C@@H]2O[C@H](C(N)=O)[C@@H]3OC(c4ccccc4)O[C@@H]3[C@H]2O)[C@@H]1O. The molecule has 15 N–H and O–H groups in total. The molecule has 2 aromatic rings. The number of carbonyl (C=O) groups is 6. The molecule has 656 valence electrons. The monoisotopic (exact) mass is 1670 g/mol. The Hall–Kier alpha value is -5.63. The highest BCUT2D eigenvalue weighted by atomic mass is 31.2. The molecule has 9 rings (SSSR count). The van der Waals surface area contributed by atoms with E-state index in [2.05, 4.69) is 52.2 Å². The smallest absolute Gasteiger partial charge is 0.474 e. The van der Waals surface area contributed by atoms with Gasteiger partial charge in [-0.15, -0.1) is 0 Å². The number of benzene rings is 2. The van der Waals surface area contributed by atoms with Gasteiger partial charge in [-0.1, -0.05) is 167 Å². The number of hydrogen-bond acceptors (Lipinski definition) is 30. The van der Waals surface area contributed by atoms with Crippen molar-refractivity contribution in [3.8, 4) is 0 Å². The minimum Gasteiger partial charge on any atom is -0.479 e. The second kappa shape index (κ2) is 42.2. The topological polar surface area (TPSA) is 535 Å². The van der Waals surface area contributed by atoms with E-state index in [1.165, 1.54) is 39.0 Å². The molecule has 116 heavy (non-hydrogen) atoms. The molecule has 0 aromatic heterocycles. The van der Waals surface area contributed by atoms with Crippen molar-refractivity contribution in [2.45, 2.75) is 325 Å². The number of fused-ring (bicyclic) bond motifs is 2. The Bertz CT molecular complexity index is 3520. The molecule has 7 aliphatic rings. The summed E-state index contributed by atoms with van der Waals surface area (Å²) in [6, 6.07) is 13.3. The van der Waals surface area contributed by atoms with Gasteiger partial charge in [-0.2, -0.15) is 0 Å². The van der Waals surface area contributed by atoms with Crippen LogP contribution in [0, 0.1) is 29.1 Å². The number of hydrogen-bond donors (Lipinski definition) is 13. The molecule has 7 heterocycles. The summed E-state index contributed by atoms with van der Waals surface area (Å²) in [7, 11) is -5.83. The van der Waals surface area contributed by atoms with Crippen molar-refractivity contribution in [2.24, 2.45) is 40.6 Å². The van der Waals surface area contributed by atoms with Crippen molar-refractivity contribution < 1.29 is 159 Å². The van der Waals surface area contributed by atoms with E-state index in [1.54, 1.807) is 60.7 Å². The molecule has 7 fully saturated rings. The van der Waals surface area contributed by atoms with Gasteiger partial charge in [0.1, 0.15) is 90.9 Å². The number of unbranched alkanes of at least 4 members (excludes halogenated alkanes) is 1. The fraction of sp³-hybridized carbons (Fsp3) is 0.769. The number of aliphatic carboxylic acids is 2. The quantitative estimate of drug-likeness (QED) is 0.0332. The maximum atomic E-state index is 14.2. The van der Waals surface area contributed by atoms with Gasteiger partial charge in [0.25, 0.3) is 0 Å². The zero-order chi connectivity index (χ0) is 84.8. The van der Waals surface area contributed by atoms with Crippen LogP contribution >= 0.6 is 7.82 Å². The van der Waals surface area contributed by atoms with E-state index in [0.29, 0.717) is 23.5 Å². The summed E-state index contributed by atoms with van der Waals surface area (Å²) in [6.45, 7) is 17.4. The normalized spacial score (nSPS) is 36.3. The van der Waals surface area contributed by atoms with Crippen molar-refractivity contribution in [3.63, 3.8) is 0 Å². The highest BCUT2D eigenvalue weighted by Gasteiger charge is 2.64. The zero-order valence-corrected chi connectivity index (χ0v) is 68.3. The summed E-state index contributed by atoms with van der Waals surface area (Å²) >= 11 is 0. The molecule has 5 unspecified atom stereocenters. The first kappa shape index (κ1) is 94.2. The lowest BCUT2D eigenvalue weighted by atomic mass is 9.79. The Morgan fingerprint density at radius 1 is 0.612 bits per heavy atom. The highest BCUT2D eigenvalue weighted by Crippen LogP contribution is 2.50. The average molecular weight is 1670 g/mol. The molecular weight excluding hydrogens is 1550 g/mol. The second-order valence-corrected chi connectivity index (χ2v) is 34.5. The molecular formula is C78H121N4O33P. The standard InChI is InChI=1S/C78H121N4O33P/c1-38(2)21-20-23-39(3)28-29-41(5)30-33-77(9,10)32-19-18-22-40(4)31-34-99-49(67(91)92)37-102-116(97,98)115-75-63(64(114-76(80)95)78(11,96)65(113-75)68(93)94)112-72-51(82-44(8)84)53(86)58(47(104-72)36-101-73-55(88)54(87)59-48(105-73)35-100-69(107-59)45-24-14-12-15-25-45)108-71-50(81-43(7)83)52(85)57(42(6)103-71)106-74-56(89)60-61(62(111-74)66(79)90)110-70(109-60)46-26-16-13-17-27-46/h12-17,24-27,38-42,47-65,69-75,85-89,96H,18-23,28-37H2,1-11H3,(H2,79,90)(H2,80,95)(H,81,83)(H,82,84)(H,91,92)(H,93,94)(H,97,98)/t39?,40?,41?,42-,47-,48-,49+,50-,51-,52-,53-,54-,55-,56-,57-,58-,59-,60-,61-,62+,63-,64-,65-,69-,70?,71+,72+,73-,74-,75-,78+/m1/s1. The second-order valence-electron chi connectivity index (χ2n) is 33.1. The molecule has 2 aromatic carbocycles. The lowest BCUT2D eigenvalue weighted by molar-refractivity contribution is -0.381. The van der Waals surface area contributed by atoms with Crippen molar-refractivity contribution in [1.29, 1.82) is 0 Å². The van der Waals surface area contributed by atoms with Crippen LogP contribution in [0.2, 0.25) is 0 Å². The summed E-state index contributed by atoms with van der Waals surface area (Å²) in [4.78, 5) is 89.7. The third kappa shape index (κ3) is 25.3. The van der Waals surface area contributed by atoms with Crippen molar-refractivity contribution in [2.75, 3.05) is 26.4 Å². The van der Waals surface area contributed by atoms with Crippen LogP contribution in [-0.4, -0.2) is 267 Å². The number of aliphatic hydroxyl groups excluding tert-OH is 5. The summed E-state index contributed by atoms with van der Waals surface area (Å²) < 4.78 is 116. The van der Waals surface area contributed by atoms with E-state index in [4.69, 9.17) is 91.6 Å². The highest BCUT2D eigenvalue weighted by molar-refractivity contribution is 7.47. The summed E-state index contributed by atoms with van der Waals surface area (Å²) in [5.41, 5.74) is 9.57. The molecule has 0 radical (unpaired) electrons. The number of carbonyl (C=O) groups excluding carboxylic acids is 4. The average Bonchev–Trinajstić information content (AvgIpc) is 1.32. The summed E-state index contributed by atoms with van der Waals surface area (Å²) in [6.07, 6.45) is -34.5. The van der Waals surface area contributed by atoms with Crippen LogP contribution in [0.4, 0.5) is 4.79 Å². The van der Waals surface area contributed by atoms with Crippen molar-refractivity contribution >= 4 is 43.6 Å². The lowest BCUT2D eigenvalue weighted by Crippen LogP contribution is -2.72. The summed E-state index contributed by atoms with van der Waals surface area (Å²) in [5, 5.41) is 98.3. The van der Waals surface area contributed by atoms with Crippen LogP contribution in [0.25, 0.3) is 0 Å². The van der Waals surface area contributed by atoms with Gasteiger partial charge < -0.3 is 139 Å². The molecule has 37 nitrogen and oxygen atoms in total. The maximum absolute atomic E-state index is 14.2. The Balaban J connectivity index is 0.925.